The van der Waals surface area contributed by atoms with Crippen LogP contribution >= 0.6 is 0 Å². The van der Waals surface area contributed by atoms with Gasteiger partial charge in [-0.25, -0.2) is 15.0 Å². The number of fused-ring (bicyclic) bond motifs is 1. The lowest BCUT2D eigenvalue weighted by atomic mass is 10.0. The van der Waals surface area contributed by atoms with E-state index in [0.717, 1.165) is 59.7 Å². The summed E-state index contributed by atoms with van der Waals surface area (Å²) in [6.07, 6.45) is 4.86. The standard InChI is InChI=1S/C26H25N7O/c1-2-24(34)30-20-7-3-5-18(15-20)22-8-4-6-19-16-29-26(32-25(19)22)31-21-9-10-23(28-17-21)33-13-11-27-12-14-33/h2-10,15-17,27H,1,11-14H2,(H,30,34)(H,29,31,32). The van der Waals surface area contributed by atoms with Crippen molar-refractivity contribution in [1.82, 2.24) is 20.3 Å². The van der Waals surface area contributed by atoms with Crippen LogP contribution in [0.25, 0.3) is 22.0 Å². The molecule has 8 heteroatoms. The Labute approximate surface area is 197 Å². The normalized spacial score (nSPS) is 13.5. The Balaban J connectivity index is 1.41. The Hall–Kier alpha value is -4.30. The lowest BCUT2D eigenvalue weighted by molar-refractivity contribution is -0.111. The van der Waals surface area contributed by atoms with Crippen molar-refractivity contribution in [2.45, 2.75) is 0 Å². The van der Waals surface area contributed by atoms with Gasteiger partial charge in [0.1, 0.15) is 5.82 Å². The summed E-state index contributed by atoms with van der Waals surface area (Å²) in [7, 11) is 0. The van der Waals surface area contributed by atoms with Gasteiger partial charge in [0, 0.05) is 49.0 Å². The second kappa shape index (κ2) is 9.68. The van der Waals surface area contributed by atoms with Crippen molar-refractivity contribution in [1.29, 1.82) is 0 Å². The molecule has 3 N–H and O–H groups in total. The minimum Gasteiger partial charge on any atom is -0.354 e. The van der Waals surface area contributed by atoms with E-state index in [2.05, 4.69) is 37.4 Å². The van der Waals surface area contributed by atoms with E-state index in [4.69, 9.17) is 4.98 Å². The number of para-hydroxylation sites is 1. The first-order chi connectivity index (χ1) is 16.7. The minimum atomic E-state index is -0.250. The third-order valence-corrected chi connectivity index (χ3v) is 5.68. The van der Waals surface area contributed by atoms with Gasteiger partial charge in [0.15, 0.2) is 0 Å². The number of carbonyl (C=O) groups is 1. The molecule has 1 saturated heterocycles. The molecule has 4 aromatic rings. The van der Waals surface area contributed by atoms with Crippen LogP contribution in [0.2, 0.25) is 0 Å². The van der Waals surface area contributed by atoms with Crippen LogP contribution in [-0.4, -0.2) is 47.0 Å². The molecule has 0 aliphatic carbocycles. The number of nitrogens with one attached hydrogen (secondary N) is 3. The number of piperazine rings is 1. The zero-order valence-corrected chi connectivity index (χ0v) is 18.7. The fourth-order valence-corrected chi connectivity index (χ4v) is 3.98. The minimum absolute atomic E-state index is 0.250. The van der Waals surface area contributed by atoms with Crippen LogP contribution in [0.15, 0.2) is 79.6 Å². The number of nitrogens with zero attached hydrogens (tertiary/aromatic N) is 4. The number of amides is 1. The Morgan fingerprint density at radius 1 is 1.00 bits per heavy atom. The van der Waals surface area contributed by atoms with E-state index < -0.39 is 0 Å². The highest BCUT2D eigenvalue weighted by molar-refractivity contribution is 6.00. The molecule has 1 amide bonds. The summed E-state index contributed by atoms with van der Waals surface area (Å²) < 4.78 is 0. The van der Waals surface area contributed by atoms with Gasteiger partial charge in [-0.15, -0.1) is 0 Å². The first-order valence-corrected chi connectivity index (χ1v) is 11.2. The lowest BCUT2D eigenvalue weighted by Crippen LogP contribution is -2.43. The predicted octanol–water partition coefficient (Wildman–Crippen LogP) is 3.97. The summed E-state index contributed by atoms with van der Waals surface area (Å²) >= 11 is 0. The average molecular weight is 452 g/mol. The van der Waals surface area contributed by atoms with Gasteiger partial charge in [-0.05, 0) is 35.9 Å². The van der Waals surface area contributed by atoms with Crippen molar-refractivity contribution in [3.8, 4) is 11.1 Å². The largest absolute Gasteiger partial charge is 0.354 e. The molecule has 170 valence electrons. The Morgan fingerprint density at radius 3 is 2.65 bits per heavy atom. The number of carbonyl (C=O) groups excluding carboxylic acids is 1. The molecule has 1 fully saturated rings. The van der Waals surface area contributed by atoms with Gasteiger partial charge in [0.25, 0.3) is 0 Å². The second-order valence-electron chi connectivity index (χ2n) is 7.98. The number of benzene rings is 2. The highest BCUT2D eigenvalue weighted by Crippen LogP contribution is 2.30. The Morgan fingerprint density at radius 2 is 1.85 bits per heavy atom. The van der Waals surface area contributed by atoms with E-state index in [1.165, 1.54) is 6.08 Å². The fraction of sp³-hybridized carbons (Fsp3) is 0.154. The third-order valence-electron chi connectivity index (χ3n) is 5.68. The highest BCUT2D eigenvalue weighted by Gasteiger charge is 2.12. The molecule has 0 atom stereocenters. The molecular weight excluding hydrogens is 426 g/mol. The van der Waals surface area contributed by atoms with Gasteiger partial charge in [0.2, 0.25) is 11.9 Å². The van der Waals surface area contributed by atoms with Gasteiger partial charge >= 0.3 is 0 Å². The van der Waals surface area contributed by atoms with E-state index in [-0.39, 0.29) is 5.91 Å². The summed E-state index contributed by atoms with van der Waals surface area (Å²) in [5.74, 6) is 1.21. The summed E-state index contributed by atoms with van der Waals surface area (Å²) in [4.78, 5) is 27.8. The van der Waals surface area contributed by atoms with Gasteiger partial charge in [-0.3, -0.25) is 4.79 Å². The molecule has 3 heterocycles. The molecule has 0 spiro atoms. The maximum atomic E-state index is 11.7. The Bertz CT molecular complexity index is 1330. The van der Waals surface area contributed by atoms with Crippen LogP contribution in [0, 0.1) is 0 Å². The zero-order valence-electron chi connectivity index (χ0n) is 18.7. The third kappa shape index (κ3) is 4.72. The van der Waals surface area contributed by atoms with Crippen LogP contribution in [0.1, 0.15) is 0 Å². The number of anilines is 4. The van der Waals surface area contributed by atoms with Gasteiger partial charge in [-0.1, -0.05) is 36.9 Å². The first kappa shape index (κ1) is 21.5. The first-order valence-electron chi connectivity index (χ1n) is 11.2. The van der Waals surface area contributed by atoms with Crippen molar-refractivity contribution >= 4 is 40.0 Å². The van der Waals surface area contributed by atoms with E-state index in [1.807, 2.05) is 60.8 Å². The molecule has 0 radical (unpaired) electrons. The van der Waals surface area contributed by atoms with Crippen molar-refractivity contribution in [3.63, 3.8) is 0 Å². The number of aromatic nitrogens is 3. The summed E-state index contributed by atoms with van der Waals surface area (Å²) in [5.41, 5.74) is 4.23. The fourth-order valence-electron chi connectivity index (χ4n) is 3.98. The molecule has 0 unspecified atom stereocenters. The number of rotatable bonds is 6. The maximum Gasteiger partial charge on any atom is 0.247 e. The smallest absolute Gasteiger partial charge is 0.247 e. The number of hydrogen-bond donors (Lipinski definition) is 3. The molecule has 0 bridgehead atoms. The van der Waals surface area contributed by atoms with Gasteiger partial charge < -0.3 is 20.9 Å². The molecule has 2 aromatic carbocycles. The summed E-state index contributed by atoms with van der Waals surface area (Å²) in [6, 6.07) is 17.6. The van der Waals surface area contributed by atoms with Crippen LogP contribution in [0.4, 0.5) is 23.1 Å². The molecule has 8 nitrogen and oxygen atoms in total. The molecule has 34 heavy (non-hydrogen) atoms. The van der Waals surface area contributed by atoms with E-state index in [9.17, 15) is 4.79 Å². The zero-order chi connectivity index (χ0) is 23.3. The van der Waals surface area contributed by atoms with Gasteiger partial charge in [-0.2, -0.15) is 0 Å². The van der Waals surface area contributed by atoms with E-state index >= 15 is 0 Å². The molecular formula is C26H25N7O. The second-order valence-corrected chi connectivity index (χ2v) is 7.98. The van der Waals surface area contributed by atoms with Crippen LogP contribution in [0.3, 0.4) is 0 Å². The predicted molar refractivity (Wildman–Crippen MR) is 136 cm³/mol. The van der Waals surface area contributed by atoms with Crippen molar-refractivity contribution < 1.29 is 4.79 Å². The average Bonchev–Trinajstić information content (AvgIpc) is 2.89. The van der Waals surface area contributed by atoms with Crippen molar-refractivity contribution in [2.75, 3.05) is 41.7 Å². The maximum absolute atomic E-state index is 11.7. The highest BCUT2D eigenvalue weighted by atomic mass is 16.1. The molecule has 1 aliphatic heterocycles. The molecule has 0 saturated carbocycles. The lowest BCUT2D eigenvalue weighted by Gasteiger charge is -2.28. The Kier molecular flexibility index (Phi) is 6.13. The quantitative estimate of drug-likeness (QED) is 0.382. The van der Waals surface area contributed by atoms with Crippen LogP contribution in [-0.2, 0) is 4.79 Å². The summed E-state index contributed by atoms with van der Waals surface area (Å²) in [6.45, 7) is 7.35. The number of hydrogen-bond acceptors (Lipinski definition) is 7. The van der Waals surface area contributed by atoms with Crippen molar-refractivity contribution in [3.05, 3.63) is 79.6 Å². The van der Waals surface area contributed by atoms with Crippen LogP contribution in [0.5, 0.6) is 0 Å². The van der Waals surface area contributed by atoms with Crippen LogP contribution < -0.4 is 20.9 Å². The molecule has 1 aliphatic rings. The summed E-state index contributed by atoms with van der Waals surface area (Å²) in [5, 5.41) is 10.4. The van der Waals surface area contributed by atoms with Gasteiger partial charge in [0.05, 0.1) is 17.4 Å². The number of pyridine rings is 1. The SMILES string of the molecule is C=CC(=O)Nc1cccc(-c2cccc3cnc(Nc4ccc(N5CCNCC5)nc4)nc23)c1. The molecule has 5 rings (SSSR count). The van der Waals surface area contributed by atoms with E-state index in [1.54, 1.807) is 6.20 Å². The monoisotopic (exact) mass is 451 g/mol. The van der Waals surface area contributed by atoms with E-state index in [0.29, 0.717) is 11.6 Å². The topological polar surface area (TPSA) is 95.1 Å². The molecule has 2 aromatic heterocycles. The van der Waals surface area contributed by atoms with Crippen molar-refractivity contribution in [2.24, 2.45) is 0 Å².